The molecule has 0 aromatic heterocycles. The molecule has 0 aliphatic heterocycles. The Morgan fingerprint density at radius 2 is 1.76 bits per heavy atom. The van der Waals surface area contributed by atoms with Crippen LogP contribution >= 0.6 is 12.4 Å². The molecule has 0 saturated carbocycles. The number of para-hydroxylation sites is 2. The van der Waals surface area contributed by atoms with E-state index in [1.54, 1.807) is 19.2 Å². The summed E-state index contributed by atoms with van der Waals surface area (Å²) in [6.07, 6.45) is -0.251. The van der Waals surface area contributed by atoms with Gasteiger partial charge in [0, 0.05) is 0 Å². The van der Waals surface area contributed by atoms with Crippen molar-refractivity contribution in [3.8, 4) is 11.5 Å². The molecule has 1 aromatic carbocycles. The highest BCUT2D eigenvalue weighted by Crippen LogP contribution is 2.25. The molecule has 1 rings (SSSR count). The van der Waals surface area contributed by atoms with Crippen LogP contribution < -0.4 is 9.47 Å². The topological polar surface area (TPSA) is 48.0 Å². The molecule has 0 N–H and O–H groups in total. The molecular formula is C15H24ClNO4. The van der Waals surface area contributed by atoms with Crippen molar-refractivity contribution in [1.82, 2.24) is 4.90 Å². The van der Waals surface area contributed by atoms with E-state index >= 15 is 0 Å². The first-order valence-electron chi connectivity index (χ1n) is 6.81. The fraction of sp³-hybridized carbons (Fsp3) is 0.533. The Hall–Kier alpha value is -1.46. The van der Waals surface area contributed by atoms with E-state index in [2.05, 4.69) is 0 Å². The van der Waals surface area contributed by atoms with Crippen LogP contribution in [0.5, 0.6) is 11.5 Å². The third-order valence-corrected chi connectivity index (χ3v) is 3.04. The van der Waals surface area contributed by atoms with Gasteiger partial charge in [-0.25, -0.2) is 4.79 Å². The third kappa shape index (κ3) is 6.23. The van der Waals surface area contributed by atoms with Crippen LogP contribution in [-0.2, 0) is 9.53 Å². The lowest BCUT2D eigenvalue weighted by Gasteiger charge is -2.25. The van der Waals surface area contributed by atoms with Gasteiger partial charge in [-0.1, -0.05) is 26.0 Å². The maximum Gasteiger partial charge on any atom is 0.345 e. The van der Waals surface area contributed by atoms with Gasteiger partial charge >= 0.3 is 5.97 Å². The summed E-state index contributed by atoms with van der Waals surface area (Å²) in [4.78, 5) is 13.8. The molecule has 0 bridgehead atoms. The maximum atomic E-state index is 11.7. The molecule has 21 heavy (non-hydrogen) atoms. The molecule has 120 valence electrons. The highest BCUT2D eigenvalue weighted by Gasteiger charge is 2.15. The lowest BCUT2D eigenvalue weighted by Crippen LogP contribution is -2.37. The number of nitrogens with zero attached hydrogens (tertiary/aromatic N) is 1. The van der Waals surface area contributed by atoms with E-state index in [1.165, 1.54) is 0 Å². The molecule has 0 fully saturated rings. The van der Waals surface area contributed by atoms with Crippen LogP contribution in [0.3, 0.4) is 0 Å². The summed E-state index contributed by atoms with van der Waals surface area (Å²) in [6, 6.07) is 7.19. The summed E-state index contributed by atoms with van der Waals surface area (Å²) in [5, 5.41) is 0. The Labute approximate surface area is 132 Å². The largest absolute Gasteiger partial charge is 0.493 e. The van der Waals surface area contributed by atoms with Gasteiger partial charge in [-0.15, -0.1) is 12.4 Å². The molecule has 0 aliphatic carbocycles. The van der Waals surface area contributed by atoms with Crippen molar-refractivity contribution in [3.63, 3.8) is 0 Å². The molecule has 1 unspecified atom stereocenters. The Morgan fingerprint density at radius 1 is 1.19 bits per heavy atom. The first-order valence-corrected chi connectivity index (χ1v) is 6.81. The first kappa shape index (κ1) is 19.5. The van der Waals surface area contributed by atoms with Gasteiger partial charge in [0.1, 0.15) is 0 Å². The second-order valence-electron chi connectivity index (χ2n) is 4.25. The number of carbonyl (C=O) groups is 1. The monoisotopic (exact) mass is 317 g/mol. The predicted octanol–water partition coefficient (Wildman–Crippen LogP) is 2.73. The second kappa shape index (κ2) is 10.3. The minimum absolute atomic E-state index is 0. The van der Waals surface area contributed by atoms with Gasteiger partial charge < -0.3 is 14.2 Å². The van der Waals surface area contributed by atoms with Crippen molar-refractivity contribution < 1.29 is 19.0 Å². The number of ether oxygens (including phenoxy) is 3. The van der Waals surface area contributed by atoms with Crippen LogP contribution in [0.4, 0.5) is 0 Å². The van der Waals surface area contributed by atoms with Gasteiger partial charge in [-0.05, 0) is 32.1 Å². The lowest BCUT2D eigenvalue weighted by molar-refractivity contribution is -0.159. The Balaban J connectivity index is 0.00000400. The number of rotatable bonds is 8. The van der Waals surface area contributed by atoms with Crippen LogP contribution in [0.1, 0.15) is 20.8 Å². The molecule has 0 aliphatic rings. The van der Waals surface area contributed by atoms with E-state index < -0.39 is 5.97 Å². The molecule has 1 aromatic rings. The Bertz CT molecular complexity index is 424. The summed E-state index contributed by atoms with van der Waals surface area (Å²) in [5.41, 5.74) is 0. The van der Waals surface area contributed by atoms with Gasteiger partial charge in [0.2, 0.25) is 0 Å². The van der Waals surface area contributed by atoms with E-state index in [0.29, 0.717) is 11.5 Å². The smallest absolute Gasteiger partial charge is 0.345 e. The minimum atomic E-state index is -0.393. The third-order valence-electron chi connectivity index (χ3n) is 3.04. The summed E-state index contributed by atoms with van der Waals surface area (Å²) in [6.45, 7) is 7.44. The first-order chi connectivity index (χ1) is 9.62. The SMILES string of the molecule is CCN(CC)C(C)OC(=O)COc1ccccc1OC.Cl. The van der Waals surface area contributed by atoms with Crippen LogP contribution in [-0.4, -0.2) is 43.9 Å². The van der Waals surface area contributed by atoms with Crippen LogP contribution in [0.2, 0.25) is 0 Å². The zero-order valence-corrected chi connectivity index (χ0v) is 13.8. The average molecular weight is 318 g/mol. The molecule has 0 saturated heterocycles. The molecule has 6 heteroatoms. The van der Waals surface area contributed by atoms with Crippen LogP contribution in [0.25, 0.3) is 0 Å². The highest BCUT2D eigenvalue weighted by molar-refractivity contribution is 5.85. The van der Waals surface area contributed by atoms with Crippen molar-refractivity contribution in [2.75, 3.05) is 26.8 Å². The van der Waals surface area contributed by atoms with Gasteiger partial charge in [0.05, 0.1) is 7.11 Å². The molecular weight excluding hydrogens is 294 g/mol. The van der Waals surface area contributed by atoms with Gasteiger partial charge in [-0.2, -0.15) is 0 Å². The molecule has 0 spiro atoms. The van der Waals surface area contributed by atoms with Gasteiger partial charge in [-0.3, -0.25) is 4.90 Å². The quantitative estimate of drug-likeness (QED) is 0.545. The van der Waals surface area contributed by atoms with E-state index in [9.17, 15) is 4.79 Å². The summed E-state index contributed by atoms with van der Waals surface area (Å²) in [7, 11) is 1.56. The number of hydrogen-bond acceptors (Lipinski definition) is 5. The second-order valence-corrected chi connectivity index (χ2v) is 4.25. The van der Waals surface area contributed by atoms with E-state index in [1.807, 2.05) is 37.8 Å². The maximum absolute atomic E-state index is 11.7. The number of methoxy groups -OCH3 is 1. The molecule has 0 heterocycles. The fourth-order valence-electron chi connectivity index (χ4n) is 1.91. The molecule has 0 amide bonds. The van der Waals surface area contributed by atoms with Crippen molar-refractivity contribution in [3.05, 3.63) is 24.3 Å². The number of carbonyl (C=O) groups excluding carboxylic acids is 1. The predicted molar refractivity (Wildman–Crippen MR) is 84.2 cm³/mol. The number of esters is 1. The van der Waals surface area contributed by atoms with E-state index in [-0.39, 0.29) is 25.2 Å². The lowest BCUT2D eigenvalue weighted by atomic mass is 10.3. The summed E-state index contributed by atoms with van der Waals surface area (Å²) >= 11 is 0. The average Bonchev–Trinajstić information content (AvgIpc) is 2.46. The van der Waals surface area contributed by atoms with Gasteiger partial charge in [0.15, 0.2) is 24.3 Å². The summed E-state index contributed by atoms with van der Waals surface area (Å²) in [5.74, 6) is 0.731. The number of hydrogen-bond donors (Lipinski definition) is 0. The van der Waals surface area contributed by atoms with Crippen molar-refractivity contribution in [1.29, 1.82) is 0 Å². The zero-order chi connectivity index (χ0) is 15.0. The number of benzene rings is 1. The van der Waals surface area contributed by atoms with E-state index in [4.69, 9.17) is 14.2 Å². The van der Waals surface area contributed by atoms with Crippen LogP contribution in [0.15, 0.2) is 24.3 Å². The van der Waals surface area contributed by atoms with E-state index in [0.717, 1.165) is 13.1 Å². The van der Waals surface area contributed by atoms with Gasteiger partial charge in [0.25, 0.3) is 0 Å². The highest BCUT2D eigenvalue weighted by atomic mass is 35.5. The standard InChI is InChI=1S/C15H23NO4.ClH/c1-5-16(6-2)12(3)20-15(17)11-19-14-10-8-7-9-13(14)18-4;/h7-10,12H,5-6,11H2,1-4H3;1H. The van der Waals surface area contributed by atoms with Crippen molar-refractivity contribution in [2.45, 2.75) is 27.0 Å². The van der Waals surface area contributed by atoms with Crippen molar-refractivity contribution >= 4 is 18.4 Å². The minimum Gasteiger partial charge on any atom is -0.493 e. The number of halogens is 1. The summed E-state index contributed by atoms with van der Waals surface area (Å²) < 4.78 is 15.9. The molecule has 0 radical (unpaired) electrons. The Kier molecular flexibility index (Phi) is 9.58. The Morgan fingerprint density at radius 3 is 2.29 bits per heavy atom. The molecule has 5 nitrogen and oxygen atoms in total. The normalized spacial score (nSPS) is 11.5. The zero-order valence-electron chi connectivity index (χ0n) is 13.0. The van der Waals surface area contributed by atoms with Crippen LogP contribution in [0, 0.1) is 0 Å². The molecule has 1 atom stereocenters. The fourth-order valence-corrected chi connectivity index (χ4v) is 1.91. The van der Waals surface area contributed by atoms with Crippen molar-refractivity contribution in [2.24, 2.45) is 0 Å².